The summed E-state index contributed by atoms with van der Waals surface area (Å²) in [4.78, 5) is 13.5. The number of nitrogen functional groups attached to an aromatic ring is 1. The van der Waals surface area contributed by atoms with E-state index in [0.29, 0.717) is 13.1 Å². The fraction of sp³-hybridized carbons (Fsp3) is 0.350. The van der Waals surface area contributed by atoms with Gasteiger partial charge in [-0.2, -0.15) is 0 Å². The molecule has 1 aliphatic rings. The van der Waals surface area contributed by atoms with Crippen LogP contribution in [0.4, 0.5) is 16.2 Å². The lowest BCUT2D eigenvalue weighted by molar-refractivity contribution is 0.119. The van der Waals surface area contributed by atoms with Gasteiger partial charge in [0.05, 0.1) is 25.0 Å². The summed E-state index contributed by atoms with van der Waals surface area (Å²) in [5, 5.41) is 3.51. The quantitative estimate of drug-likeness (QED) is 0.838. The molecular formula is C20H25N3O2. The summed E-state index contributed by atoms with van der Waals surface area (Å²) >= 11 is 0. The summed E-state index contributed by atoms with van der Waals surface area (Å²) in [6.45, 7) is 3.30. The molecule has 132 valence electrons. The Morgan fingerprint density at radius 1 is 1.28 bits per heavy atom. The third-order valence-electron chi connectivity index (χ3n) is 4.67. The third-order valence-corrected chi connectivity index (χ3v) is 4.67. The molecule has 1 amide bonds. The molecule has 2 aromatic rings. The lowest BCUT2D eigenvalue weighted by atomic mass is 9.97. The highest BCUT2D eigenvalue weighted by Gasteiger charge is 2.24. The van der Waals surface area contributed by atoms with Crippen molar-refractivity contribution in [3.05, 3.63) is 59.2 Å². The second kappa shape index (κ2) is 7.47. The molecule has 0 aromatic heterocycles. The molecule has 0 spiro atoms. The molecule has 3 N–H and O–H groups in total. The molecule has 1 atom stereocenters. The van der Waals surface area contributed by atoms with Gasteiger partial charge in [-0.15, -0.1) is 0 Å². The number of benzene rings is 2. The Hall–Kier alpha value is -2.69. The monoisotopic (exact) mass is 339 g/mol. The fourth-order valence-electron chi connectivity index (χ4n) is 3.35. The van der Waals surface area contributed by atoms with Gasteiger partial charge in [0, 0.05) is 12.6 Å². The first-order valence-corrected chi connectivity index (χ1v) is 8.62. The second-order valence-corrected chi connectivity index (χ2v) is 6.54. The molecule has 0 fully saturated rings. The van der Waals surface area contributed by atoms with E-state index >= 15 is 0 Å². The summed E-state index contributed by atoms with van der Waals surface area (Å²) in [5.41, 5.74) is 11.6. The van der Waals surface area contributed by atoms with Crippen molar-refractivity contribution in [3.63, 3.8) is 0 Å². The minimum absolute atomic E-state index is 0.253. The van der Waals surface area contributed by atoms with Gasteiger partial charge in [-0.1, -0.05) is 36.4 Å². The zero-order valence-corrected chi connectivity index (χ0v) is 14.8. The number of fused-ring (bicyclic) bond motifs is 1. The van der Waals surface area contributed by atoms with Gasteiger partial charge in [0.25, 0.3) is 0 Å². The number of nitrogens with one attached hydrogen (secondary N) is 1. The Bertz CT molecular complexity index is 746. The molecule has 1 unspecified atom stereocenters. The average molecular weight is 339 g/mol. The lowest BCUT2D eigenvalue weighted by Gasteiger charge is -2.30. The number of methoxy groups -OCH3 is 1. The smallest absolute Gasteiger partial charge is 0.409 e. The number of hydrogen-bond acceptors (Lipinski definition) is 4. The van der Waals surface area contributed by atoms with E-state index in [1.807, 2.05) is 12.1 Å². The van der Waals surface area contributed by atoms with Crippen LogP contribution in [0.5, 0.6) is 0 Å². The van der Waals surface area contributed by atoms with E-state index in [4.69, 9.17) is 10.5 Å². The molecule has 2 aromatic carbocycles. The number of anilines is 2. The van der Waals surface area contributed by atoms with Gasteiger partial charge in [0.1, 0.15) is 0 Å². The topological polar surface area (TPSA) is 67.6 Å². The minimum Gasteiger partial charge on any atom is -0.453 e. The van der Waals surface area contributed by atoms with Gasteiger partial charge < -0.3 is 20.7 Å². The number of rotatable bonds is 4. The highest BCUT2D eigenvalue weighted by Crippen LogP contribution is 2.31. The molecule has 3 rings (SSSR count). The molecule has 0 bridgehead atoms. The molecule has 0 radical (unpaired) electrons. The Morgan fingerprint density at radius 3 is 2.76 bits per heavy atom. The van der Waals surface area contributed by atoms with Gasteiger partial charge >= 0.3 is 6.09 Å². The van der Waals surface area contributed by atoms with Crippen LogP contribution in [0, 0.1) is 0 Å². The summed E-state index contributed by atoms with van der Waals surface area (Å²) in [6.07, 6.45) is 1.42. The highest BCUT2D eigenvalue weighted by atomic mass is 16.5. The highest BCUT2D eigenvalue weighted by molar-refractivity contribution is 5.74. The standard InChI is InChI=1S/C20H25N3O2/c1-14(12-15-6-4-3-5-7-15)22-18-9-8-16-10-11-23(20(24)25-2)13-17(16)19(18)21/h3-9,14,22H,10-13,21H2,1-2H3. The Kier molecular flexibility index (Phi) is 5.12. The lowest BCUT2D eigenvalue weighted by Crippen LogP contribution is -2.36. The number of ether oxygens (including phenoxy) is 1. The largest absolute Gasteiger partial charge is 0.453 e. The summed E-state index contributed by atoms with van der Waals surface area (Å²) in [6, 6.07) is 14.8. The second-order valence-electron chi connectivity index (χ2n) is 6.54. The van der Waals surface area contributed by atoms with E-state index in [2.05, 4.69) is 42.6 Å². The number of carbonyl (C=O) groups is 1. The predicted molar refractivity (Wildman–Crippen MR) is 101 cm³/mol. The molecule has 5 nitrogen and oxygen atoms in total. The Labute approximate surface area is 148 Å². The van der Waals surface area contributed by atoms with E-state index < -0.39 is 0 Å². The van der Waals surface area contributed by atoms with Gasteiger partial charge in [0.2, 0.25) is 0 Å². The average Bonchev–Trinajstić information content (AvgIpc) is 2.64. The first kappa shape index (κ1) is 17.1. The maximum Gasteiger partial charge on any atom is 0.409 e. The van der Waals surface area contributed by atoms with Crippen molar-refractivity contribution < 1.29 is 9.53 Å². The van der Waals surface area contributed by atoms with Crippen molar-refractivity contribution in [2.45, 2.75) is 32.4 Å². The molecule has 0 aliphatic carbocycles. The molecule has 5 heteroatoms. The van der Waals surface area contributed by atoms with Crippen molar-refractivity contribution in [3.8, 4) is 0 Å². The van der Waals surface area contributed by atoms with E-state index in [-0.39, 0.29) is 12.1 Å². The fourth-order valence-corrected chi connectivity index (χ4v) is 3.35. The van der Waals surface area contributed by atoms with Crippen molar-refractivity contribution >= 4 is 17.5 Å². The van der Waals surface area contributed by atoms with E-state index in [1.165, 1.54) is 18.2 Å². The predicted octanol–water partition coefficient (Wildman–Crippen LogP) is 3.44. The van der Waals surface area contributed by atoms with E-state index in [1.54, 1.807) is 4.90 Å². The van der Waals surface area contributed by atoms with E-state index in [0.717, 1.165) is 29.8 Å². The Morgan fingerprint density at radius 2 is 2.04 bits per heavy atom. The van der Waals surface area contributed by atoms with Crippen molar-refractivity contribution in [2.75, 3.05) is 24.7 Å². The molecule has 1 aliphatic heterocycles. The van der Waals surface area contributed by atoms with Crippen LogP contribution in [0.25, 0.3) is 0 Å². The van der Waals surface area contributed by atoms with Crippen LogP contribution in [0.1, 0.15) is 23.6 Å². The summed E-state index contributed by atoms with van der Waals surface area (Å²) in [5.74, 6) is 0. The number of amides is 1. The summed E-state index contributed by atoms with van der Waals surface area (Å²) < 4.78 is 4.84. The van der Waals surface area contributed by atoms with Crippen LogP contribution >= 0.6 is 0 Å². The van der Waals surface area contributed by atoms with Crippen molar-refractivity contribution in [1.29, 1.82) is 0 Å². The van der Waals surface area contributed by atoms with Crippen molar-refractivity contribution in [2.24, 2.45) is 0 Å². The molecule has 0 saturated carbocycles. The normalized spacial score (nSPS) is 14.6. The molecular weight excluding hydrogens is 314 g/mol. The van der Waals surface area contributed by atoms with Crippen LogP contribution in [-0.4, -0.2) is 30.7 Å². The SMILES string of the molecule is COC(=O)N1CCc2ccc(NC(C)Cc3ccccc3)c(N)c2C1. The van der Waals surface area contributed by atoms with Crippen LogP contribution in [0.15, 0.2) is 42.5 Å². The number of nitrogens with zero attached hydrogens (tertiary/aromatic N) is 1. The maximum atomic E-state index is 11.8. The number of carbonyl (C=O) groups excluding carboxylic acids is 1. The Balaban J connectivity index is 1.74. The minimum atomic E-state index is -0.305. The molecule has 1 heterocycles. The van der Waals surface area contributed by atoms with Gasteiger partial charge in [-0.25, -0.2) is 4.79 Å². The van der Waals surface area contributed by atoms with Crippen LogP contribution in [0.2, 0.25) is 0 Å². The van der Waals surface area contributed by atoms with Crippen molar-refractivity contribution in [1.82, 2.24) is 4.90 Å². The first-order valence-electron chi connectivity index (χ1n) is 8.62. The van der Waals surface area contributed by atoms with Crippen LogP contribution < -0.4 is 11.1 Å². The molecule has 0 saturated heterocycles. The van der Waals surface area contributed by atoms with Crippen LogP contribution in [-0.2, 0) is 24.1 Å². The maximum absolute atomic E-state index is 11.8. The van der Waals surface area contributed by atoms with Gasteiger partial charge in [-0.3, -0.25) is 0 Å². The molecule has 25 heavy (non-hydrogen) atoms. The number of hydrogen-bond donors (Lipinski definition) is 2. The first-order chi connectivity index (χ1) is 12.1. The number of nitrogens with two attached hydrogens (primary N) is 1. The van der Waals surface area contributed by atoms with Crippen LogP contribution in [0.3, 0.4) is 0 Å². The van der Waals surface area contributed by atoms with Gasteiger partial charge in [0.15, 0.2) is 0 Å². The summed E-state index contributed by atoms with van der Waals surface area (Å²) in [7, 11) is 1.41. The van der Waals surface area contributed by atoms with E-state index in [9.17, 15) is 4.79 Å². The van der Waals surface area contributed by atoms with Gasteiger partial charge in [-0.05, 0) is 42.5 Å². The third kappa shape index (κ3) is 3.87. The zero-order valence-electron chi connectivity index (χ0n) is 14.8. The zero-order chi connectivity index (χ0) is 17.8.